The molecule has 3 rings (SSSR count). The normalized spacial score (nSPS) is 16.4. The fourth-order valence-electron chi connectivity index (χ4n) is 2.11. The first-order valence-corrected chi connectivity index (χ1v) is 6.48. The molecule has 1 fully saturated rings. The van der Waals surface area contributed by atoms with E-state index in [1.54, 1.807) is 13.2 Å². The third kappa shape index (κ3) is 2.35. The molecule has 1 heterocycles. The molecule has 2 N–H and O–H groups in total. The number of methoxy groups -OCH3 is 1. The second kappa shape index (κ2) is 4.94. The SMILES string of the molecule is COc1ccc2cc(/C=C3\NC(=S)NC3=O)ccc2c1. The van der Waals surface area contributed by atoms with Gasteiger partial charge in [-0.05, 0) is 52.8 Å². The lowest BCUT2D eigenvalue weighted by Crippen LogP contribution is -2.21. The van der Waals surface area contributed by atoms with Crippen LogP contribution in [0, 0.1) is 0 Å². The largest absolute Gasteiger partial charge is 0.497 e. The number of amides is 1. The van der Waals surface area contributed by atoms with Gasteiger partial charge in [0.05, 0.1) is 7.11 Å². The van der Waals surface area contributed by atoms with E-state index < -0.39 is 0 Å². The Morgan fingerprint density at radius 1 is 1.10 bits per heavy atom. The van der Waals surface area contributed by atoms with Gasteiger partial charge in [-0.15, -0.1) is 0 Å². The molecule has 20 heavy (non-hydrogen) atoms. The molecule has 1 amide bonds. The fraction of sp³-hybridized carbons (Fsp3) is 0.0667. The summed E-state index contributed by atoms with van der Waals surface area (Å²) in [6.45, 7) is 0. The van der Waals surface area contributed by atoms with Gasteiger partial charge in [0.2, 0.25) is 0 Å². The Hall–Kier alpha value is -2.40. The minimum Gasteiger partial charge on any atom is -0.497 e. The monoisotopic (exact) mass is 284 g/mol. The Balaban J connectivity index is 1.99. The summed E-state index contributed by atoms with van der Waals surface area (Å²) in [6.07, 6.45) is 1.78. The first-order chi connectivity index (χ1) is 9.65. The zero-order chi connectivity index (χ0) is 14.1. The van der Waals surface area contributed by atoms with Gasteiger partial charge in [-0.2, -0.15) is 0 Å². The quantitative estimate of drug-likeness (QED) is 0.655. The molecule has 0 atom stereocenters. The topological polar surface area (TPSA) is 50.4 Å². The van der Waals surface area contributed by atoms with Gasteiger partial charge in [0.15, 0.2) is 5.11 Å². The minimum absolute atomic E-state index is 0.204. The van der Waals surface area contributed by atoms with Crippen molar-refractivity contribution in [2.75, 3.05) is 7.11 Å². The molecule has 0 radical (unpaired) electrons. The summed E-state index contributed by atoms with van der Waals surface area (Å²) in [5.41, 5.74) is 1.40. The number of benzene rings is 2. The Bertz CT molecular complexity index is 753. The van der Waals surface area contributed by atoms with Crippen LogP contribution in [0.3, 0.4) is 0 Å². The van der Waals surface area contributed by atoms with Crippen LogP contribution in [-0.2, 0) is 4.79 Å². The van der Waals surface area contributed by atoms with Gasteiger partial charge in [-0.3, -0.25) is 10.1 Å². The van der Waals surface area contributed by atoms with E-state index in [1.807, 2.05) is 36.4 Å². The molecule has 1 aliphatic heterocycles. The lowest BCUT2D eigenvalue weighted by molar-refractivity contribution is -0.115. The fourth-order valence-corrected chi connectivity index (χ4v) is 2.31. The van der Waals surface area contributed by atoms with Crippen LogP contribution in [0.4, 0.5) is 0 Å². The highest BCUT2D eigenvalue weighted by Gasteiger charge is 2.19. The summed E-state index contributed by atoms with van der Waals surface area (Å²) in [5, 5.41) is 7.88. The number of carbonyl (C=O) groups excluding carboxylic acids is 1. The second-order valence-electron chi connectivity index (χ2n) is 4.44. The van der Waals surface area contributed by atoms with E-state index in [-0.39, 0.29) is 5.91 Å². The number of thiocarbonyl (C=S) groups is 1. The molecule has 2 aromatic rings. The van der Waals surface area contributed by atoms with Crippen molar-refractivity contribution in [3.63, 3.8) is 0 Å². The van der Waals surface area contributed by atoms with Crippen LogP contribution in [0.1, 0.15) is 5.56 Å². The predicted molar refractivity (Wildman–Crippen MR) is 82.4 cm³/mol. The lowest BCUT2D eigenvalue weighted by Gasteiger charge is -2.04. The summed E-state index contributed by atoms with van der Waals surface area (Å²) in [4.78, 5) is 11.6. The highest BCUT2D eigenvalue weighted by Crippen LogP contribution is 2.22. The maximum absolute atomic E-state index is 11.6. The van der Waals surface area contributed by atoms with Crippen molar-refractivity contribution in [1.29, 1.82) is 0 Å². The van der Waals surface area contributed by atoms with E-state index in [1.165, 1.54) is 0 Å². The Labute approximate surface area is 121 Å². The number of carbonyl (C=O) groups is 1. The van der Waals surface area contributed by atoms with Gasteiger partial charge in [0.1, 0.15) is 11.4 Å². The van der Waals surface area contributed by atoms with Crippen molar-refractivity contribution in [2.24, 2.45) is 0 Å². The molecule has 0 spiro atoms. The maximum Gasteiger partial charge on any atom is 0.273 e. The Kier molecular flexibility index (Phi) is 3.12. The number of hydrogen-bond acceptors (Lipinski definition) is 3. The second-order valence-corrected chi connectivity index (χ2v) is 4.85. The zero-order valence-electron chi connectivity index (χ0n) is 10.8. The van der Waals surface area contributed by atoms with Crippen molar-refractivity contribution in [1.82, 2.24) is 10.6 Å². The summed E-state index contributed by atoms with van der Waals surface area (Å²) < 4.78 is 5.20. The summed E-state index contributed by atoms with van der Waals surface area (Å²) >= 11 is 4.90. The highest BCUT2D eigenvalue weighted by atomic mass is 32.1. The molecule has 0 aromatic heterocycles. The van der Waals surface area contributed by atoms with E-state index in [0.717, 1.165) is 22.1 Å². The third-order valence-corrected chi connectivity index (χ3v) is 3.31. The summed E-state index contributed by atoms with van der Waals surface area (Å²) in [5.74, 6) is 0.621. The van der Waals surface area contributed by atoms with E-state index in [4.69, 9.17) is 17.0 Å². The number of ether oxygens (including phenoxy) is 1. The molecule has 0 unspecified atom stereocenters. The van der Waals surface area contributed by atoms with Crippen molar-refractivity contribution >= 4 is 40.1 Å². The standard InChI is InChI=1S/C15H12N2O2S/c1-19-12-5-4-10-6-9(2-3-11(10)8-12)7-13-14(18)17-15(20)16-13/h2-8H,1H3,(H2,16,17,18,20)/b13-7-. The molecule has 0 aliphatic carbocycles. The molecule has 5 heteroatoms. The van der Waals surface area contributed by atoms with Gasteiger partial charge < -0.3 is 10.1 Å². The smallest absolute Gasteiger partial charge is 0.273 e. The van der Waals surface area contributed by atoms with Crippen LogP contribution in [-0.4, -0.2) is 18.1 Å². The van der Waals surface area contributed by atoms with E-state index in [0.29, 0.717) is 10.8 Å². The van der Waals surface area contributed by atoms with Gasteiger partial charge in [0.25, 0.3) is 5.91 Å². The predicted octanol–water partition coefficient (Wildman–Crippen LogP) is 2.19. The third-order valence-electron chi connectivity index (χ3n) is 3.10. The molecule has 0 bridgehead atoms. The lowest BCUT2D eigenvalue weighted by atomic mass is 10.1. The van der Waals surface area contributed by atoms with Crippen LogP contribution < -0.4 is 15.4 Å². The highest BCUT2D eigenvalue weighted by molar-refractivity contribution is 7.80. The average Bonchev–Trinajstić information content (AvgIpc) is 2.76. The van der Waals surface area contributed by atoms with Crippen LogP contribution in [0.25, 0.3) is 16.8 Å². The first-order valence-electron chi connectivity index (χ1n) is 6.07. The molecule has 4 nitrogen and oxygen atoms in total. The van der Waals surface area contributed by atoms with Crippen LogP contribution in [0.5, 0.6) is 5.75 Å². The summed E-state index contributed by atoms with van der Waals surface area (Å²) in [6, 6.07) is 11.8. The number of rotatable bonds is 2. The van der Waals surface area contributed by atoms with Gasteiger partial charge in [-0.25, -0.2) is 0 Å². The van der Waals surface area contributed by atoms with Gasteiger partial charge in [-0.1, -0.05) is 18.2 Å². The molecular formula is C15H12N2O2S. The zero-order valence-corrected chi connectivity index (χ0v) is 11.6. The maximum atomic E-state index is 11.6. The van der Waals surface area contributed by atoms with Gasteiger partial charge in [0, 0.05) is 0 Å². The molecule has 1 saturated heterocycles. The Morgan fingerprint density at radius 3 is 2.55 bits per heavy atom. The molecule has 2 aromatic carbocycles. The van der Waals surface area contributed by atoms with E-state index in [9.17, 15) is 4.79 Å². The molecule has 100 valence electrons. The van der Waals surface area contributed by atoms with Gasteiger partial charge >= 0.3 is 0 Å². The van der Waals surface area contributed by atoms with Crippen molar-refractivity contribution in [3.05, 3.63) is 47.7 Å². The average molecular weight is 284 g/mol. The summed E-state index contributed by atoms with van der Waals surface area (Å²) in [7, 11) is 1.65. The van der Waals surface area contributed by atoms with Crippen molar-refractivity contribution in [3.8, 4) is 5.75 Å². The number of fused-ring (bicyclic) bond motifs is 1. The van der Waals surface area contributed by atoms with E-state index in [2.05, 4.69) is 10.6 Å². The molecular weight excluding hydrogens is 272 g/mol. The Morgan fingerprint density at radius 2 is 1.85 bits per heavy atom. The first kappa shape index (κ1) is 12.6. The van der Waals surface area contributed by atoms with Crippen molar-refractivity contribution < 1.29 is 9.53 Å². The number of nitrogens with one attached hydrogen (secondary N) is 2. The minimum atomic E-state index is -0.204. The van der Waals surface area contributed by atoms with Crippen molar-refractivity contribution in [2.45, 2.75) is 0 Å². The molecule has 0 saturated carbocycles. The van der Waals surface area contributed by atoms with Crippen LogP contribution in [0.15, 0.2) is 42.1 Å². The molecule has 1 aliphatic rings. The number of hydrogen-bond donors (Lipinski definition) is 2. The van der Waals surface area contributed by atoms with E-state index >= 15 is 0 Å². The van der Waals surface area contributed by atoms with Crippen LogP contribution >= 0.6 is 12.2 Å². The van der Waals surface area contributed by atoms with Crippen LogP contribution in [0.2, 0.25) is 0 Å².